The summed E-state index contributed by atoms with van der Waals surface area (Å²) in [5, 5.41) is 10.7. The molecule has 6 heteroatoms. The van der Waals surface area contributed by atoms with Crippen molar-refractivity contribution >= 4 is 40.7 Å². The first-order valence-corrected chi connectivity index (χ1v) is 7.86. The van der Waals surface area contributed by atoms with Crippen LogP contribution in [0, 0.1) is 0 Å². The second kappa shape index (κ2) is 6.25. The number of aliphatic carboxylic acids is 1. The van der Waals surface area contributed by atoms with Crippen LogP contribution in [0.25, 0.3) is 5.70 Å². The van der Waals surface area contributed by atoms with Gasteiger partial charge >= 0.3 is 5.97 Å². The summed E-state index contributed by atoms with van der Waals surface area (Å²) >= 11 is 3.15. The van der Waals surface area contributed by atoms with E-state index in [1.165, 1.54) is 0 Å². The molecule has 0 aliphatic carbocycles. The van der Waals surface area contributed by atoms with Gasteiger partial charge in [-0.05, 0) is 24.8 Å². The van der Waals surface area contributed by atoms with Crippen molar-refractivity contribution in [2.75, 3.05) is 12.3 Å². The second-order valence-electron chi connectivity index (χ2n) is 4.21. The van der Waals surface area contributed by atoms with Crippen LogP contribution in [0.2, 0.25) is 0 Å². The molecule has 0 saturated heterocycles. The van der Waals surface area contributed by atoms with Crippen molar-refractivity contribution in [3.63, 3.8) is 0 Å². The minimum Gasteiger partial charge on any atom is -0.481 e. The van der Waals surface area contributed by atoms with E-state index in [9.17, 15) is 9.59 Å². The van der Waals surface area contributed by atoms with E-state index >= 15 is 0 Å². The monoisotopic (exact) mass is 297 g/mol. The van der Waals surface area contributed by atoms with E-state index in [2.05, 4.69) is 0 Å². The number of hydrogen-bond acceptors (Lipinski definition) is 4. The number of hydrogen-bond donors (Lipinski definition) is 1. The molecule has 0 fully saturated rings. The Morgan fingerprint density at radius 2 is 2.32 bits per heavy atom. The van der Waals surface area contributed by atoms with Gasteiger partial charge in [-0.3, -0.25) is 9.59 Å². The zero-order valence-corrected chi connectivity index (χ0v) is 12.2. The van der Waals surface area contributed by atoms with Gasteiger partial charge in [-0.2, -0.15) is 0 Å². The van der Waals surface area contributed by atoms with Crippen molar-refractivity contribution in [1.29, 1.82) is 0 Å². The summed E-state index contributed by atoms with van der Waals surface area (Å²) in [6.45, 7) is 2.48. The fourth-order valence-electron chi connectivity index (χ4n) is 1.98. The molecule has 0 radical (unpaired) electrons. The summed E-state index contributed by atoms with van der Waals surface area (Å²) in [5.74, 6) is -0.324. The lowest BCUT2D eigenvalue weighted by Crippen LogP contribution is -2.35. The highest BCUT2D eigenvalue weighted by Gasteiger charge is 2.26. The Labute approximate surface area is 120 Å². The third kappa shape index (κ3) is 3.39. The van der Waals surface area contributed by atoms with E-state index in [1.54, 1.807) is 28.0 Å². The normalized spacial score (nSPS) is 16.1. The van der Waals surface area contributed by atoms with Crippen molar-refractivity contribution < 1.29 is 14.7 Å². The summed E-state index contributed by atoms with van der Waals surface area (Å²) < 4.78 is 0. The van der Waals surface area contributed by atoms with Gasteiger partial charge in [0.15, 0.2) is 0 Å². The van der Waals surface area contributed by atoms with Gasteiger partial charge < -0.3 is 10.0 Å². The number of allylic oxidation sites excluding steroid dienone is 1. The molecule has 1 aliphatic heterocycles. The summed E-state index contributed by atoms with van der Waals surface area (Å²) in [7, 11) is 0. The molecule has 102 valence electrons. The van der Waals surface area contributed by atoms with Crippen LogP contribution in [-0.2, 0) is 9.59 Å². The number of carbonyl (C=O) groups excluding carboxylic acids is 1. The predicted molar refractivity (Wildman–Crippen MR) is 78.0 cm³/mol. The summed E-state index contributed by atoms with van der Waals surface area (Å²) in [6, 6.07) is 3.95. The van der Waals surface area contributed by atoms with Crippen molar-refractivity contribution in [1.82, 2.24) is 4.90 Å². The number of amides is 1. The maximum atomic E-state index is 12.0. The molecule has 0 atom stereocenters. The fourth-order valence-corrected chi connectivity index (χ4v) is 3.73. The molecule has 1 aliphatic rings. The highest BCUT2D eigenvalue weighted by molar-refractivity contribution is 8.03. The van der Waals surface area contributed by atoms with Crippen molar-refractivity contribution in [3.05, 3.63) is 27.3 Å². The van der Waals surface area contributed by atoms with E-state index in [0.29, 0.717) is 18.7 Å². The van der Waals surface area contributed by atoms with Gasteiger partial charge in [-0.25, -0.2) is 0 Å². The third-order valence-electron chi connectivity index (χ3n) is 2.84. The lowest BCUT2D eigenvalue weighted by atomic mass is 10.2. The largest absolute Gasteiger partial charge is 0.481 e. The zero-order chi connectivity index (χ0) is 13.8. The van der Waals surface area contributed by atoms with Gasteiger partial charge in [-0.15, -0.1) is 23.1 Å². The number of nitrogens with zero attached hydrogens (tertiary/aromatic N) is 1. The molecule has 4 nitrogen and oxygen atoms in total. The second-order valence-corrected chi connectivity index (χ2v) is 6.35. The van der Waals surface area contributed by atoms with Gasteiger partial charge in [0.05, 0.1) is 16.3 Å². The number of thioether (sulfide) groups is 1. The molecule has 0 aromatic carbocycles. The summed E-state index contributed by atoms with van der Waals surface area (Å²) in [6.07, 6.45) is 0.571. The molecule has 19 heavy (non-hydrogen) atoms. The lowest BCUT2D eigenvalue weighted by molar-refractivity contribution is -0.137. The predicted octanol–water partition coefficient (Wildman–Crippen LogP) is 2.88. The smallest absolute Gasteiger partial charge is 0.303 e. The molecule has 1 aromatic heterocycles. The van der Waals surface area contributed by atoms with Crippen LogP contribution in [0.1, 0.15) is 24.6 Å². The van der Waals surface area contributed by atoms with Gasteiger partial charge in [0, 0.05) is 17.9 Å². The van der Waals surface area contributed by atoms with E-state index < -0.39 is 5.97 Å². The Kier molecular flexibility index (Phi) is 4.66. The lowest BCUT2D eigenvalue weighted by Gasteiger charge is -2.30. The highest BCUT2D eigenvalue weighted by atomic mass is 32.2. The zero-order valence-electron chi connectivity index (χ0n) is 10.6. The van der Waals surface area contributed by atoms with Crippen LogP contribution < -0.4 is 0 Å². The summed E-state index contributed by atoms with van der Waals surface area (Å²) in [5.41, 5.74) is 0.946. The van der Waals surface area contributed by atoms with Gasteiger partial charge in [0.25, 0.3) is 0 Å². The van der Waals surface area contributed by atoms with Crippen molar-refractivity contribution in [3.8, 4) is 0 Å². The molecule has 0 bridgehead atoms. The Morgan fingerprint density at radius 3 is 2.95 bits per heavy atom. The molecular weight excluding hydrogens is 282 g/mol. The molecule has 2 heterocycles. The Hall–Kier alpha value is -1.27. The third-order valence-corrected chi connectivity index (χ3v) is 4.74. The first-order chi connectivity index (χ1) is 9.09. The van der Waals surface area contributed by atoms with Crippen molar-refractivity contribution in [2.24, 2.45) is 0 Å². The number of carbonyl (C=O) groups is 2. The maximum Gasteiger partial charge on any atom is 0.303 e. The van der Waals surface area contributed by atoms with Crippen LogP contribution >= 0.6 is 23.1 Å². The Balaban J connectivity index is 2.19. The topological polar surface area (TPSA) is 57.6 Å². The number of carboxylic acid groups (broad SMARTS) is 1. The van der Waals surface area contributed by atoms with Crippen LogP contribution in [0.4, 0.5) is 0 Å². The molecular formula is C13H15NO3S2. The first-order valence-electron chi connectivity index (χ1n) is 5.99. The Bertz CT molecular complexity index is 508. The Morgan fingerprint density at radius 1 is 1.53 bits per heavy atom. The van der Waals surface area contributed by atoms with Crippen LogP contribution in [-0.4, -0.2) is 34.2 Å². The molecule has 1 N–H and O–H groups in total. The number of carboxylic acids is 1. The number of rotatable bonds is 5. The molecule has 0 saturated carbocycles. The average molecular weight is 297 g/mol. The van der Waals surface area contributed by atoms with E-state index in [1.807, 2.05) is 24.4 Å². The van der Waals surface area contributed by atoms with E-state index in [4.69, 9.17) is 5.11 Å². The van der Waals surface area contributed by atoms with Gasteiger partial charge in [0.1, 0.15) is 0 Å². The number of thiophene rings is 1. The standard InChI is InChI=1S/C13H15NO3S2/c1-9-13(10-4-3-7-18-10)14(11(15)8-19-9)6-2-5-12(16)17/h3-4,7H,2,5-6,8H2,1H3,(H,16,17). The van der Waals surface area contributed by atoms with Crippen LogP contribution in [0.15, 0.2) is 22.4 Å². The fraction of sp³-hybridized carbons (Fsp3) is 0.385. The highest BCUT2D eigenvalue weighted by Crippen LogP contribution is 2.36. The molecule has 0 spiro atoms. The molecule has 2 rings (SSSR count). The van der Waals surface area contributed by atoms with Crippen LogP contribution in [0.5, 0.6) is 0 Å². The summed E-state index contributed by atoms with van der Waals surface area (Å²) in [4.78, 5) is 26.6. The maximum absolute atomic E-state index is 12.0. The minimum atomic E-state index is -0.822. The SMILES string of the molecule is CC1=C(c2cccs2)N(CCCC(=O)O)C(=O)CS1. The molecule has 1 aromatic rings. The minimum absolute atomic E-state index is 0.0596. The van der Waals surface area contributed by atoms with Gasteiger partial charge in [0.2, 0.25) is 5.91 Å². The van der Waals surface area contributed by atoms with E-state index in [-0.39, 0.29) is 12.3 Å². The average Bonchev–Trinajstić information content (AvgIpc) is 2.86. The quantitative estimate of drug-likeness (QED) is 0.908. The first kappa shape index (κ1) is 14.1. The van der Waals surface area contributed by atoms with Gasteiger partial charge in [-0.1, -0.05) is 6.07 Å². The van der Waals surface area contributed by atoms with E-state index in [0.717, 1.165) is 15.5 Å². The van der Waals surface area contributed by atoms with Crippen LogP contribution in [0.3, 0.4) is 0 Å². The molecule has 0 unspecified atom stereocenters. The molecule has 1 amide bonds. The van der Waals surface area contributed by atoms with Crippen molar-refractivity contribution in [2.45, 2.75) is 19.8 Å².